The number of nitrogens with one attached hydrogen (secondary N) is 1. The molecule has 0 bridgehead atoms. The van der Waals surface area contributed by atoms with Gasteiger partial charge in [-0.25, -0.2) is 4.98 Å². The third kappa shape index (κ3) is 4.17. The molecule has 2 aromatic heterocycles. The van der Waals surface area contributed by atoms with Crippen molar-refractivity contribution in [3.63, 3.8) is 0 Å². The fourth-order valence-electron chi connectivity index (χ4n) is 3.81. The summed E-state index contributed by atoms with van der Waals surface area (Å²) >= 11 is 7.92. The molecule has 7 heteroatoms. The quantitative estimate of drug-likeness (QED) is 0.450. The van der Waals surface area contributed by atoms with Crippen molar-refractivity contribution in [1.82, 2.24) is 14.9 Å². The number of thiazole rings is 1. The number of halogens is 1. The number of unbranched alkanes of at least 4 members (excludes halogenated alkanes) is 1. The molecule has 0 spiro atoms. The average molecular weight is 444 g/mol. The van der Waals surface area contributed by atoms with Crippen molar-refractivity contribution in [2.24, 2.45) is 0 Å². The third-order valence-electron chi connectivity index (χ3n) is 5.42. The van der Waals surface area contributed by atoms with E-state index < -0.39 is 0 Å². The number of hydrogen-bond donors (Lipinski definition) is 1. The van der Waals surface area contributed by atoms with Crippen molar-refractivity contribution in [1.29, 1.82) is 0 Å². The summed E-state index contributed by atoms with van der Waals surface area (Å²) in [4.78, 5) is 17.7. The molecule has 158 valence electrons. The molecule has 4 rings (SSSR count). The molecule has 1 aromatic carbocycles. The van der Waals surface area contributed by atoms with Crippen LogP contribution in [-0.2, 0) is 4.74 Å². The van der Waals surface area contributed by atoms with E-state index in [0.717, 1.165) is 59.9 Å². The lowest BCUT2D eigenvalue weighted by Gasteiger charge is -2.17. The van der Waals surface area contributed by atoms with Crippen LogP contribution in [0.15, 0.2) is 35.7 Å². The van der Waals surface area contributed by atoms with E-state index in [1.807, 2.05) is 42.6 Å². The predicted molar refractivity (Wildman–Crippen MR) is 122 cm³/mol. The van der Waals surface area contributed by atoms with Crippen LogP contribution in [0.5, 0.6) is 0 Å². The second-order valence-electron chi connectivity index (χ2n) is 7.49. The summed E-state index contributed by atoms with van der Waals surface area (Å²) in [6.45, 7) is 5.52. The first-order valence-electron chi connectivity index (χ1n) is 10.4. The van der Waals surface area contributed by atoms with Crippen molar-refractivity contribution in [3.8, 4) is 22.0 Å². The van der Waals surface area contributed by atoms with Crippen LogP contribution in [-0.4, -0.2) is 28.6 Å². The van der Waals surface area contributed by atoms with Crippen LogP contribution in [0.3, 0.4) is 0 Å². The molecule has 1 aliphatic heterocycles. The van der Waals surface area contributed by atoms with Crippen LogP contribution in [0.25, 0.3) is 22.0 Å². The van der Waals surface area contributed by atoms with Crippen LogP contribution < -0.4 is 5.32 Å². The van der Waals surface area contributed by atoms with E-state index in [1.165, 1.54) is 0 Å². The number of hydrogen-bond acceptors (Lipinski definition) is 4. The van der Waals surface area contributed by atoms with Crippen LogP contribution in [0.4, 0.5) is 0 Å². The van der Waals surface area contributed by atoms with Crippen molar-refractivity contribution in [3.05, 3.63) is 52.0 Å². The Morgan fingerprint density at radius 3 is 2.97 bits per heavy atom. The maximum Gasteiger partial charge on any atom is 0.253 e. The molecule has 1 amide bonds. The highest BCUT2D eigenvalue weighted by atomic mass is 35.5. The van der Waals surface area contributed by atoms with Gasteiger partial charge in [0.1, 0.15) is 11.2 Å². The van der Waals surface area contributed by atoms with Crippen molar-refractivity contribution in [2.45, 2.75) is 45.8 Å². The molecular weight excluding hydrogens is 418 g/mol. The summed E-state index contributed by atoms with van der Waals surface area (Å²) in [7, 11) is 0. The molecule has 1 N–H and O–H groups in total. The number of nitrogens with zero attached hydrogens (tertiary/aromatic N) is 2. The van der Waals surface area contributed by atoms with Crippen molar-refractivity contribution in [2.75, 3.05) is 13.2 Å². The normalized spacial score (nSPS) is 16.2. The van der Waals surface area contributed by atoms with Gasteiger partial charge < -0.3 is 14.6 Å². The second-order valence-corrected chi connectivity index (χ2v) is 8.76. The summed E-state index contributed by atoms with van der Waals surface area (Å²) in [6.07, 6.45) is 3.90. The first-order valence-corrected chi connectivity index (χ1v) is 11.7. The first-order chi connectivity index (χ1) is 14.6. The van der Waals surface area contributed by atoms with Gasteiger partial charge >= 0.3 is 0 Å². The fraction of sp³-hybridized carbons (Fsp3) is 0.391. The zero-order valence-electron chi connectivity index (χ0n) is 17.3. The van der Waals surface area contributed by atoms with Crippen molar-refractivity contribution >= 4 is 28.8 Å². The highest BCUT2D eigenvalue weighted by molar-refractivity contribution is 7.13. The van der Waals surface area contributed by atoms with Gasteiger partial charge in [0.25, 0.3) is 5.91 Å². The highest BCUT2D eigenvalue weighted by Crippen LogP contribution is 2.37. The topological polar surface area (TPSA) is 56.2 Å². The van der Waals surface area contributed by atoms with E-state index in [2.05, 4.69) is 16.8 Å². The Morgan fingerprint density at radius 1 is 1.40 bits per heavy atom. The Morgan fingerprint density at radius 2 is 2.23 bits per heavy atom. The largest absolute Gasteiger partial charge is 0.358 e. The van der Waals surface area contributed by atoms with Gasteiger partial charge in [0.15, 0.2) is 0 Å². The minimum absolute atomic E-state index is 0.0412. The Kier molecular flexibility index (Phi) is 6.56. The molecule has 1 fully saturated rings. The molecule has 0 radical (unpaired) electrons. The monoisotopic (exact) mass is 443 g/mol. The molecule has 3 heterocycles. The van der Waals surface area contributed by atoms with Crippen LogP contribution in [0, 0.1) is 6.92 Å². The van der Waals surface area contributed by atoms with E-state index in [0.29, 0.717) is 17.1 Å². The maximum atomic E-state index is 12.8. The fourth-order valence-corrected chi connectivity index (χ4v) is 4.94. The number of ether oxygens (including phenoxy) is 1. The summed E-state index contributed by atoms with van der Waals surface area (Å²) in [5, 5.41) is 6.60. The lowest BCUT2D eigenvalue weighted by molar-refractivity contribution is 0.0565. The van der Waals surface area contributed by atoms with Gasteiger partial charge in [-0.05, 0) is 38.3 Å². The average Bonchev–Trinajstić information content (AvgIpc) is 3.48. The van der Waals surface area contributed by atoms with Crippen LogP contribution in [0.2, 0.25) is 5.02 Å². The number of benzene rings is 1. The number of rotatable bonds is 7. The summed E-state index contributed by atoms with van der Waals surface area (Å²) in [6, 6.07) is 9.66. The molecule has 5 nitrogen and oxygen atoms in total. The molecule has 0 saturated carbocycles. The Hall–Kier alpha value is -2.15. The van der Waals surface area contributed by atoms with Crippen LogP contribution >= 0.6 is 22.9 Å². The molecule has 1 atom stereocenters. The number of carbonyl (C=O) groups excluding carboxylic acids is 1. The van der Waals surface area contributed by atoms with Gasteiger partial charge in [0.2, 0.25) is 0 Å². The molecule has 1 unspecified atom stereocenters. The molecule has 1 saturated heterocycles. The predicted octanol–water partition coefficient (Wildman–Crippen LogP) is 6.08. The number of carbonyl (C=O) groups is 1. The smallest absolute Gasteiger partial charge is 0.253 e. The highest BCUT2D eigenvalue weighted by Gasteiger charge is 2.27. The van der Waals surface area contributed by atoms with Gasteiger partial charge in [-0.3, -0.25) is 4.79 Å². The third-order valence-corrected chi connectivity index (χ3v) is 6.62. The maximum absolute atomic E-state index is 12.8. The van der Waals surface area contributed by atoms with Crippen molar-refractivity contribution < 1.29 is 9.53 Å². The first kappa shape index (κ1) is 21.1. The van der Waals surface area contributed by atoms with E-state index in [9.17, 15) is 4.79 Å². The van der Waals surface area contributed by atoms with E-state index >= 15 is 0 Å². The number of amides is 1. The molecule has 3 aromatic rings. The van der Waals surface area contributed by atoms with Gasteiger partial charge in [-0.15, -0.1) is 11.3 Å². The van der Waals surface area contributed by atoms with Gasteiger partial charge in [-0.1, -0.05) is 43.1 Å². The van der Waals surface area contributed by atoms with E-state index in [-0.39, 0.29) is 12.1 Å². The Labute approximate surface area is 186 Å². The van der Waals surface area contributed by atoms with E-state index in [4.69, 9.17) is 21.3 Å². The molecule has 1 aliphatic rings. The van der Waals surface area contributed by atoms with Crippen LogP contribution in [0.1, 0.15) is 54.9 Å². The lowest BCUT2D eigenvalue weighted by Crippen LogP contribution is -2.25. The Balaban J connectivity index is 1.73. The summed E-state index contributed by atoms with van der Waals surface area (Å²) < 4.78 is 8.10. The zero-order valence-corrected chi connectivity index (χ0v) is 18.9. The Bertz CT molecular complexity index is 1040. The lowest BCUT2D eigenvalue weighted by atomic mass is 10.2. The number of aromatic nitrogens is 2. The second kappa shape index (κ2) is 9.33. The zero-order chi connectivity index (χ0) is 21.1. The minimum Gasteiger partial charge on any atom is -0.358 e. The SMILES string of the molecule is CCCCNC(=O)c1cc(-c2csc(-c3ccccc3Cl)n2)n(C2CCCO2)c1C. The molecular formula is C23H26ClN3O2S. The van der Waals surface area contributed by atoms with E-state index in [1.54, 1.807) is 11.3 Å². The summed E-state index contributed by atoms with van der Waals surface area (Å²) in [5.74, 6) is -0.0412. The summed E-state index contributed by atoms with van der Waals surface area (Å²) in [5.41, 5.74) is 4.26. The van der Waals surface area contributed by atoms with Gasteiger partial charge in [-0.2, -0.15) is 0 Å². The standard InChI is InChI=1S/C23H26ClN3O2S/c1-3-4-11-25-22(28)17-13-20(27(15(17)2)21-10-7-12-29-21)19-14-30-23(26-19)16-8-5-6-9-18(16)24/h5-6,8-9,13-14,21H,3-4,7,10-12H2,1-2H3,(H,25,28). The molecule has 0 aliphatic carbocycles. The minimum atomic E-state index is -0.0670. The molecule has 30 heavy (non-hydrogen) atoms. The van der Waals surface area contributed by atoms with Gasteiger partial charge in [0, 0.05) is 29.8 Å². The van der Waals surface area contributed by atoms with Gasteiger partial charge in [0.05, 0.1) is 22.0 Å².